The molecule has 0 aliphatic rings. The molecule has 0 atom stereocenters. The van der Waals surface area contributed by atoms with Gasteiger partial charge >= 0.3 is 0 Å². The molecule has 1 aromatic carbocycles. The van der Waals surface area contributed by atoms with Crippen LogP contribution in [-0.4, -0.2) is 35.6 Å². The van der Waals surface area contributed by atoms with Crippen molar-refractivity contribution < 1.29 is 0 Å². The Hall–Kier alpha value is -1.32. The van der Waals surface area contributed by atoms with Gasteiger partial charge in [-0.3, -0.25) is 0 Å². The number of aromatic nitrogens is 1. The molecular formula is C16H25N3. The van der Waals surface area contributed by atoms with E-state index >= 15 is 0 Å². The van der Waals surface area contributed by atoms with E-state index in [4.69, 9.17) is 0 Å². The maximum Gasteiger partial charge on any atom is 0.0457 e. The summed E-state index contributed by atoms with van der Waals surface area (Å²) in [6, 6.07) is 8.74. The number of rotatable bonds is 5. The van der Waals surface area contributed by atoms with E-state index in [0.29, 0.717) is 0 Å². The van der Waals surface area contributed by atoms with Crippen molar-refractivity contribution in [2.24, 2.45) is 0 Å². The fourth-order valence-electron chi connectivity index (χ4n) is 2.21. The van der Waals surface area contributed by atoms with Gasteiger partial charge in [0.15, 0.2) is 0 Å². The Morgan fingerprint density at radius 2 is 2.00 bits per heavy atom. The van der Waals surface area contributed by atoms with Crippen molar-refractivity contribution in [1.29, 1.82) is 0 Å². The Morgan fingerprint density at radius 3 is 2.74 bits per heavy atom. The molecule has 0 aliphatic heterocycles. The van der Waals surface area contributed by atoms with Crippen LogP contribution in [0.25, 0.3) is 10.9 Å². The molecule has 0 saturated carbocycles. The van der Waals surface area contributed by atoms with Crippen LogP contribution < -0.4 is 5.32 Å². The second-order valence-electron chi connectivity index (χ2n) is 6.31. The largest absolute Gasteiger partial charge is 0.361 e. The van der Waals surface area contributed by atoms with Crippen LogP contribution in [-0.2, 0) is 6.54 Å². The van der Waals surface area contributed by atoms with Crippen LogP contribution in [0, 0.1) is 0 Å². The van der Waals surface area contributed by atoms with Crippen LogP contribution in [0.2, 0.25) is 0 Å². The van der Waals surface area contributed by atoms with Gasteiger partial charge in [-0.25, -0.2) is 0 Å². The monoisotopic (exact) mass is 259 g/mol. The maximum atomic E-state index is 3.52. The smallest absolute Gasteiger partial charge is 0.0457 e. The van der Waals surface area contributed by atoms with E-state index in [0.717, 1.165) is 19.6 Å². The first-order valence-corrected chi connectivity index (χ1v) is 6.94. The number of nitrogens with one attached hydrogen (secondary N) is 2. The molecular weight excluding hydrogens is 234 g/mol. The lowest BCUT2D eigenvalue weighted by molar-refractivity contribution is 0.303. The average molecular weight is 259 g/mol. The lowest BCUT2D eigenvalue weighted by atomic mass is 10.1. The first kappa shape index (κ1) is 14.1. The summed E-state index contributed by atoms with van der Waals surface area (Å²) in [6.07, 6.45) is 1.99. The Balaban J connectivity index is 1.86. The highest BCUT2D eigenvalue weighted by Crippen LogP contribution is 2.15. The highest BCUT2D eigenvalue weighted by molar-refractivity contribution is 5.79. The molecule has 2 rings (SSSR count). The molecule has 1 heterocycles. The van der Waals surface area contributed by atoms with Crippen molar-refractivity contribution in [1.82, 2.24) is 15.2 Å². The Bertz CT molecular complexity index is 522. The Morgan fingerprint density at radius 1 is 1.21 bits per heavy atom. The number of H-pyrrole nitrogens is 1. The van der Waals surface area contributed by atoms with Crippen molar-refractivity contribution in [3.63, 3.8) is 0 Å². The van der Waals surface area contributed by atoms with Crippen molar-refractivity contribution >= 4 is 10.9 Å². The summed E-state index contributed by atoms with van der Waals surface area (Å²) >= 11 is 0. The molecule has 1 aromatic heterocycles. The van der Waals surface area contributed by atoms with Gasteiger partial charge in [-0.15, -0.1) is 0 Å². The van der Waals surface area contributed by atoms with Crippen LogP contribution in [0.15, 0.2) is 30.5 Å². The molecule has 2 aromatic rings. The van der Waals surface area contributed by atoms with Gasteiger partial charge in [-0.1, -0.05) is 12.1 Å². The number of likely N-dealkylation sites (N-methyl/N-ethyl adjacent to an activating group) is 1. The predicted molar refractivity (Wildman–Crippen MR) is 82.4 cm³/mol. The fraction of sp³-hybridized carbons (Fsp3) is 0.500. The molecule has 0 fully saturated rings. The quantitative estimate of drug-likeness (QED) is 0.865. The maximum absolute atomic E-state index is 3.52. The molecule has 19 heavy (non-hydrogen) atoms. The predicted octanol–water partition coefficient (Wildman–Crippen LogP) is 2.99. The number of aromatic amines is 1. The van der Waals surface area contributed by atoms with Crippen molar-refractivity contribution in [2.75, 3.05) is 20.1 Å². The SMILES string of the molecule is CN(CCNC(C)(C)C)Cc1ccc2cc[nH]c2c1. The summed E-state index contributed by atoms with van der Waals surface area (Å²) in [4.78, 5) is 5.62. The molecule has 3 heteroatoms. The lowest BCUT2D eigenvalue weighted by Gasteiger charge is -2.23. The van der Waals surface area contributed by atoms with Crippen molar-refractivity contribution in [3.05, 3.63) is 36.0 Å². The number of hydrogen-bond donors (Lipinski definition) is 2. The molecule has 0 aliphatic carbocycles. The van der Waals surface area contributed by atoms with Gasteiger partial charge in [-0.05, 0) is 50.9 Å². The van der Waals surface area contributed by atoms with Gasteiger partial charge in [0.1, 0.15) is 0 Å². The molecule has 104 valence electrons. The van der Waals surface area contributed by atoms with Crippen molar-refractivity contribution in [3.8, 4) is 0 Å². The first-order chi connectivity index (χ1) is 8.94. The summed E-state index contributed by atoms with van der Waals surface area (Å²) in [5.74, 6) is 0. The zero-order valence-electron chi connectivity index (χ0n) is 12.5. The zero-order chi connectivity index (χ0) is 13.9. The molecule has 0 saturated heterocycles. The number of benzene rings is 1. The normalized spacial score (nSPS) is 12.5. The van der Waals surface area contributed by atoms with E-state index in [2.05, 4.69) is 67.3 Å². The molecule has 0 spiro atoms. The van der Waals surface area contributed by atoms with E-state index in [1.807, 2.05) is 6.20 Å². The van der Waals surface area contributed by atoms with E-state index in [-0.39, 0.29) is 5.54 Å². The van der Waals surface area contributed by atoms with Gasteiger partial charge in [0, 0.05) is 36.9 Å². The van der Waals surface area contributed by atoms with Gasteiger partial charge in [0.2, 0.25) is 0 Å². The Labute approximate surface area is 116 Å². The second-order valence-corrected chi connectivity index (χ2v) is 6.31. The zero-order valence-corrected chi connectivity index (χ0v) is 12.5. The molecule has 0 radical (unpaired) electrons. The van der Waals surface area contributed by atoms with Crippen LogP contribution in [0.3, 0.4) is 0 Å². The fourth-order valence-corrected chi connectivity index (χ4v) is 2.21. The van der Waals surface area contributed by atoms with E-state index in [1.165, 1.54) is 16.5 Å². The van der Waals surface area contributed by atoms with E-state index < -0.39 is 0 Å². The minimum atomic E-state index is 0.198. The average Bonchev–Trinajstić information content (AvgIpc) is 2.74. The number of hydrogen-bond acceptors (Lipinski definition) is 2. The van der Waals surface area contributed by atoms with Crippen LogP contribution in [0.5, 0.6) is 0 Å². The first-order valence-electron chi connectivity index (χ1n) is 6.94. The molecule has 0 amide bonds. The lowest BCUT2D eigenvalue weighted by Crippen LogP contribution is -2.40. The number of fused-ring (bicyclic) bond motifs is 1. The summed E-state index contributed by atoms with van der Waals surface area (Å²) in [7, 11) is 2.17. The van der Waals surface area contributed by atoms with Gasteiger partial charge in [-0.2, -0.15) is 0 Å². The third-order valence-electron chi connectivity index (χ3n) is 3.22. The van der Waals surface area contributed by atoms with E-state index in [1.54, 1.807) is 0 Å². The van der Waals surface area contributed by atoms with Crippen LogP contribution in [0.4, 0.5) is 0 Å². The molecule has 2 N–H and O–H groups in total. The summed E-state index contributed by atoms with van der Waals surface area (Å²) in [5.41, 5.74) is 2.77. The van der Waals surface area contributed by atoms with Crippen molar-refractivity contribution in [2.45, 2.75) is 32.9 Å². The summed E-state index contributed by atoms with van der Waals surface area (Å²) < 4.78 is 0. The topological polar surface area (TPSA) is 31.1 Å². The molecule has 0 bridgehead atoms. The highest BCUT2D eigenvalue weighted by Gasteiger charge is 2.08. The minimum Gasteiger partial charge on any atom is -0.361 e. The summed E-state index contributed by atoms with van der Waals surface area (Å²) in [5, 5.41) is 4.79. The van der Waals surface area contributed by atoms with Crippen LogP contribution in [0.1, 0.15) is 26.3 Å². The van der Waals surface area contributed by atoms with Crippen LogP contribution >= 0.6 is 0 Å². The van der Waals surface area contributed by atoms with Gasteiger partial charge < -0.3 is 15.2 Å². The molecule has 3 nitrogen and oxygen atoms in total. The van der Waals surface area contributed by atoms with Gasteiger partial charge in [0.25, 0.3) is 0 Å². The Kier molecular flexibility index (Phi) is 4.27. The summed E-state index contributed by atoms with van der Waals surface area (Å²) in [6.45, 7) is 9.66. The van der Waals surface area contributed by atoms with E-state index in [9.17, 15) is 0 Å². The van der Waals surface area contributed by atoms with Gasteiger partial charge in [0.05, 0.1) is 0 Å². The number of nitrogens with zero attached hydrogens (tertiary/aromatic N) is 1. The third-order valence-corrected chi connectivity index (χ3v) is 3.22. The third kappa shape index (κ3) is 4.37. The second kappa shape index (κ2) is 5.76. The molecule has 0 unspecified atom stereocenters. The highest BCUT2D eigenvalue weighted by atomic mass is 15.1. The standard InChI is InChI=1S/C16H25N3/c1-16(2,3)18-9-10-19(4)12-13-5-6-14-7-8-17-15(14)11-13/h5-8,11,17-18H,9-10,12H2,1-4H3. The minimum absolute atomic E-state index is 0.198.